The van der Waals surface area contributed by atoms with Crippen LogP contribution in [0.1, 0.15) is 62.5 Å². The van der Waals surface area contributed by atoms with Crippen LogP contribution in [0, 0.1) is 0 Å². The number of piperidine rings is 1. The van der Waals surface area contributed by atoms with Gasteiger partial charge in [-0.25, -0.2) is 9.78 Å². The van der Waals surface area contributed by atoms with Crippen molar-refractivity contribution < 1.29 is 14.3 Å². The smallest absolute Gasteiger partial charge is 0.317 e. The normalized spacial score (nSPS) is 21.2. The predicted molar refractivity (Wildman–Crippen MR) is 106 cm³/mol. The molecule has 0 aromatic carbocycles. The van der Waals surface area contributed by atoms with Crippen molar-refractivity contribution in [3.8, 4) is 5.88 Å². The summed E-state index contributed by atoms with van der Waals surface area (Å²) in [6.07, 6.45) is 8.90. The van der Waals surface area contributed by atoms with Crippen molar-refractivity contribution in [2.75, 3.05) is 26.3 Å². The third kappa shape index (κ3) is 4.57. The lowest BCUT2D eigenvalue weighted by atomic mass is 10.1. The van der Waals surface area contributed by atoms with Gasteiger partial charge < -0.3 is 19.7 Å². The molecule has 1 aliphatic carbocycles. The second kappa shape index (κ2) is 9.07. The summed E-state index contributed by atoms with van der Waals surface area (Å²) in [6.45, 7) is 4.94. The maximum Gasteiger partial charge on any atom is 0.317 e. The third-order valence-electron chi connectivity index (χ3n) is 6.09. The summed E-state index contributed by atoms with van der Waals surface area (Å²) in [4.78, 5) is 23.8. The lowest BCUT2D eigenvalue weighted by Crippen LogP contribution is -2.48. The Labute approximate surface area is 167 Å². The first-order valence-electron chi connectivity index (χ1n) is 10.9. The Morgan fingerprint density at radius 1 is 1.14 bits per heavy atom. The number of aryl methyl sites for hydroxylation is 1. The van der Waals surface area contributed by atoms with Crippen LogP contribution in [0.4, 0.5) is 4.79 Å². The largest absolute Gasteiger partial charge is 0.474 e. The number of hydrogen-bond donors (Lipinski definition) is 1. The number of nitrogens with zero attached hydrogens (tertiary/aromatic N) is 3. The number of rotatable bonds is 4. The first-order valence-corrected chi connectivity index (χ1v) is 10.9. The first kappa shape index (κ1) is 19.4. The van der Waals surface area contributed by atoms with Crippen molar-refractivity contribution in [1.82, 2.24) is 20.2 Å². The second-order valence-electron chi connectivity index (χ2n) is 8.07. The Bertz CT molecular complexity index is 682. The van der Waals surface area contributed by atoms with Crippen molar-refractivity contribution in [3.05, 3.63) is 17.1 Å². The fourth-order valence-corrected chi connectivity index (χ4v) is 4.39. The number of carbonyl (C=O) groups excluding carboxylic acids is 1. The number of amides is 2. The molecule has 3 heterocycles. The molecule has 1 saturated carbocycles. The average molecular weight is 389 g/mol. The highest BCUT2D eigenvalue weighted by Gasteiger charge is 2.28. The van der Waals surface area contributed by atoms with Crippen LogP contribution in [0.5, 0.6) is 5.88 Å². The van der Waals surface area contributed by atoms with Crippen molar-refractivity contribution in [2.24, 2.45) is 0 Å². The minimum atomic E-state index is 0.0895. The molecule has 1 aromatic rings. The molecule has 1 saturated heterocycles. The lowest BCUT2D eigenvalue weighted by Gasteiger charge is -2.33. The van der Waals surface area contributed by atoms with Gasteiger partial charge in [-0.05, 0) is 12.8 Å². The van der Waals surface area contributed by atoms with Gasteiger partial charge in [0.2, 0.25) is 5.88 Å². The molecule has 4 rings (SSSR count). The number of carbonyl (C=O) groups is 1. The number of nitrogens with one attached hydrogen (secondary N) is 1. The highest BCUT2D eigenvalue weighted by atomic mass is 16.5. The van der Waals surface area contributed by atoms with E-state index in [-0.39, 0.29) is 12.1 Å². The highest BCUT2D eigenvalue weighted by molar-refractivity contribution is 5.74. The van der Waals surface area contributed by atoms with Gasteiger partial charge in [0.1, 0.15) is 11.9 Å². The van der Waals surface area contributed by atoms with E-state index >= 15 is 0 Å². The molecular formula is C21H32N4O3. The Kier molecular flexibility index (Phi) is 6.29. The molecule has 0 bridgehead atoms. The van der Waals surface area contributed by atoms with E-state index in [1.807, 2.05) is 4.90 Å². The topological polar surface area (TPSA) is 76.6 Å². The van der Waals surface area contributed by atoms with Crippen LogP contribution < -0.4 is 10.1 Å². The molecule has 7 heteroatoms. The quantitative estimate of drug-likeness (QED) is 0.858. The zero-order chi connectivity index (χ0) is 19.3. The van der Waals surface area contributed by atoms with Crippen LogP contribution in [0.2, 0.25) is 0 Å². The molecule has 28 heavy (non-hydrogen) atoms. The maximum atomic E-state index is 12.5. The van der Waals surface area contributed by atoms with Crippen LogP contribution in [0.15, 0.2) is 0 Å². The minimum Gasteiger partial charge on any atom is -0.474 e. The number of urea groups is 1. The Balaban J connectivity index is 1.36. The molecule has 0 unspecified atom stereocenters. The van der Waals surface area contributed by atoms with Gasteiger partial charge >= 0.3 is 6.03 Å². The third-order valence-corrected chi connectivity index (χ3v) is 6.09. The molecule has 7 nitrogen and oxygen atoms in total. The Hall–Kier alpha value is -1.89. The van der Waals surface area contributed by atoms with Crippen LogP contribution >= 0.6 is 0 Å². The van der Waals surface area contributed by atoms with Gasteiger partial charge in [0.05, 0.1) is 18.9 Å². The summed E-state index contributed by atoms with van der Waals surface area (Å²) in [6, 6.07) is 0.458. The van der Waals surface area contributed by atoms with Gasteiger partial charge in [0.25, 0.3) is 0 Å². The van der Waals surface area contributed by atoms with E-state index in [1.54, 1.807) is 0 Å². The molecule has 1 N–H and O–H groups in total. The van der Waals surface area contributed by atoms with Crippen LogP contribution in [0.3, 0.4) is 0 Å². The van der Waals surface area contributed by atoms with E-state index < -0.39 is 0 Å². The number of hydrogen-bond acceptors (Lipinski definition) is 5. The number of likely N-dealkylation sites (tertiary alicyclic amines) is 1. The molecule has 2 fully saturated rings. The fourth-order valence-electron chi connectivity index (χ4n) is 4.39. The van der Waals surface area contributed by atoms with E-state index in [4.69, 9.17) is 14.5 Å². The molecule has 3 aliphatic rings. The van der Waals surface area contributed by atoms with Gasteiger partial charge in [0, 0.05) is 56.8 Å². The number of aromatic nitrogens is 2. The zero-order valence-corrected chi connectivity index (χ0v) is 16.9. The highest BCUT2D eigenvalue weighted by Crippen LogP contribution is 2.26. The molecule has 0 atom stereocenters. The predicted octanol–water partition coefficient (Wildman–Crippen LogP) is 2.65. The zero-order valence-electron chi connectivity index (χ0n) is 16.9. The van der Waals surface area contributed by atoms with Gasteiger partial charge in [0.15, 0.2) is 0 Å². The van der Waals surface area contributed by atoms with Crippen molar-refractivity contribution in [2.45, 2.75) is 76.9 Å². The van der Waals surface area contributed by atoms with E-state index in [9.17, 15) is 4.79 Å². The second-order valence-corrected chi connectivity index (χ2v) is 8.07. The number of fused-ring (bicyclic) bond motifs is 1. The summed E-state index contributed by atoms with van der Waals surface area (Å²) in [7, 11) is 0. The molecule has 0 spiro atoms. The standard InChI is InChI=1S/C21H32N4O3/c1-2-19-23-18-10-14-27-13-9-17(18)20(24-19)28-16-7-11-25(12-8-16)21(26)22-15-5-3-4-6-15/h15-16H,2-14H2,1H3,(H,22,26). The van der Waals surface area contributed by atoms with E-state index in [0.717, 1.165) is 81.0 Å². The van der Waals surface area contributed by atoms with Crippen LogP contribution in [0.25, 0.3) is 0 Å². The SMILES string of the molecule is CCc1nc2c(c(OC3CCN(C(=O)NC4CCCC4)CC3)n1)CCOCC2. The lowest BCUT2D eigenvalue weighted by molar-refractivity contribution is 0.104. The van der Waals surface area contributed by atoms with Crippen molar-refractivity contribution in [1.29, 1.82) is 0 Å². The van der Waals surface area contributed by atoms with Gasteiger partial charge in [-0.15, -0.1) is 0 Å². The molecule has 2 amide bonds. The summed E-state index contributed by atoms with van der Waals surface area (Å²) in [5, 5.41) is 3.19. The Morgan fingerprint density at radius 3 is 2.64 bits per heavy atom. The molecule has 2 aliphatic heterocycles. The molecular weight excluding hydrogens is 356 g/mol. The first-order chi connectivity index (χ1) is 13.7. The van der Waals surface area contributed by atoms with Crippen LogP contribution in [-0.4, -0.2) is 59.3 Å². The summed E-state index contributed by atoms with van der Waals surface area (Å²) >= 11 is 0. The average Bonchev–Trinajstić information content (AvgIpc) is 3.10. The summed E-state index contributed by atoms with van der Waals surface area (Å²) in [5.74, 6) is 1.57. The molecule has 154 valence electrons. The maximum absolute atomic E-state index is 12.5. The van der Waals surface area contributed by atoms with E-state index in [1.165, 1.54) is 12.8 Å². The van der Waals surface area contributed by atoms with E-state index in [2.05, 4.69) is 17.2 Å². The Morgan fingerprint density at radius 2 is 1.89 bits per heavy atom. The van der Waals surface area contributed by atoms with E-state index in [0.29, 0.717) is 19.3 Å². The van der Waals surface area contributed by atoms with Crippen molar-refractivity contribution in [3.63, 3.8) is 0 Å². The van der Waals surface area contributed by atoms with Crippen molar-refractivity contribution >= 4 is 6.03 Å². The minimum absolute atomic E-state index is 0.0895. The monoisotopic (exact) mass is 388 g/mol. The molecule has 1 aromatic heterocycles. The summed E-state index contributed by atoms with van der Waals surface area (Å²) < 4.78 is 12.0. The van der Waals surface area contributed by atoms with Crippen LogP contribution in [-0.2, 0) is 24.0 Å². The molecule has 0 radical (unpaired) electrons. The number of ether oxygens (including phenoxy) is 2. The van der Waals surface area contributed by atoms with Gasteiger partial charge in [-0.1, -0.05) is 19.8 Å². The fraction of sp³-hybridized carbons (Fsp3) is 0.762. The summed E-state index contributed by atoms with van der Waals surface area (Å²) in [5.41, 5.74) is 2.18. The van der Waals surface area contributed by atoms with Gasteiger partial charge in [-0.2, -0.15) is 4.98 Å². The van der Waals surface area contributed by atoms with Gasteiger partial charge in [-0.3, -0.25) is 0 Å².